The van der Waals surface area contributed by atoms with Gasteiger partial charge in [0.1, 0.15) is 0 Å². The predicted molar refractivity (Wildman–Crippen MR) is 107 cm³/mol. The number of piperazine rings is 1. The van der Waals surface area contributed by atoms with Crippen molar-refractivity contribution in [2.75, 3.05) is 39.3 Å². The Labute approximate surface area is 158 Å². The van der Waals surface area contributed by atoms with Gasteiger partial charge >= 0.3 is 0 Å². The van der Waals surface area contributed by atoms with E-state index in [1.54, 1.807) is 0 Å². The number of hydrogen-bond donors (Lipinski definition) is 1. The zero-order valence-corrected chi connectivity index (χ0v) is 16.2. The van der Waals surface area contributed by atoms with Crippen molar-refractivity contribution >= 4 is 5.91 Å². The van der Waals surface area contributed by atoms with Crippen molar-refractivity contribution in [3.05, 3.63) is 35.9 Å². The number of benzene rings is 1. The molecule has 0 bridgehead atoms. The molecular weight excluding hydrogens is 322 g/mol. The Morgan fingerprint density at radius 2 is 1.62 bits per heavy atom. The Morgan fingerprint density at radius 3 is 2.35 bits per heavy atom. The lowest BCUT2D eigenvalue weighted by molar-refractivity contribution is -0.125. The molecule has 0 unspecified atom stereocenters. The summed E-state index contributed by atoms with van der Waals surface area (Å²) in [5.74, 6) is 0.598. The maximum atomic E-state index is 12.1. The van der Waals surface area contributed by atoms with Crippen molar-refractivity contribution in [3.63, 3.8) is 0 Å². The molecule has 0 radical (unpaired) electrons. The molecule has 1 amide bonds. The highest BCUT2D eigenvalue weighted by Crippen LogP contribution is 2.23. The Hall–Kier alpha value is -1.39. The van der Waals surface area contributed by atoms with Crippen molar-refractivity contribution in [2.45, 2.75) is 51.5 Å². The second-order valence-corrected chi connectivity index (χ2v) is 7.94. The van der Waals surface area contributed by atoms with Gasteiger partial charge < -0.3 is 10.2 Å². The Kier molecular flexibility index (Phi) is 7.96. The number of hydrogen-bond acceptors (Lipinski definition) is 3. The van der Waals surface area contributed by atoms with Crippen LogP contribution in [-0.4, -0.2) is 55.0 Å². The van der Waals surface area contributed by atoms with E-state index < -0.39 is 0 Å². The summed E-state index contributed by atoms with van der Waals surface area (Å²) < 4.78 is 0. The monoisotopic (exact) mass is 357 g/mol. The number of nitrogens with one attached hydrogen (secondary N) is 1. The first kappa shape index (κ1) is 19.4. The van der Waals surface area contributed by atoms with Crippen molar-refractivity contribution in [3.8, 4) is 0 Å². The minimum Gasteiger partial charge on any atom is -0.356 e. The second kappa shape index (κ2) is 10.7. The summed E-state index contributed by atoms with van der Waals surface area (Å²) in [7, 11) is 0. The molecule has 3 rings (SSSR count). The van der Waals surface area contributed by atoms with Crippen molar-refractivity contribution in [2.24, 2.45) is 5.92 Å². The molecule has 4 heteroatoms. The average Bonchev–Trinajstić information content (AvgIpc) is 2.70. The van der Waals surface area contributed by atoms with Gasteiger partial charge in [-0.2, -0.15) is 0 Å². The van der Waals surface area contributed by atoms with Gasteiger partial charge in [-0.1, -0.05) is 49.6 Å². The van der Waals surface area contributed by atoms with E-state index in [0.29, 0.717) is 11.8 Å². The zero-order chi connectivity index (χ0) is 18.0. The third kappa shape index (κ3) is 6.40. The lowest BCUT2D eigenvalue weighted by Crippen LogP contribution is -2.46. The fourth-order valence-electron chi connectivity index (χ4n) is 4.19. The van der Waals surface area contributed by atoms with Gasteiger partial charge in [-0.25, -0.2) is 0 Å². The molecule has 0 aromatic heterocycles. The molecular formula is C22H35N3O. The molecule has 2 aliphatic rings. The van der Waals surface area contributed by atoms with E-state index in [1.807, 2.05) is 0 Å². The van der Waals surface area contributed by atoms with Crippen LogP contribution in [0.15, 0.2) is 30.3 Å². The number of carbonyl (C=O) groups is 1. The van der Waals surface area contributed by atoms with Gasteiger partial charge in [-0.05, 0) is 37.8 Å². The Balaban J connectivity index is 1.22. The van der Waals surface area contributed by atoms with Crippen LogP contribution in [0.2, 0.25) is 0 Å². The third-order valence-corrected chi connectivity index (χ3v) is 5.89. The fourth-order valence-corrected chi connectivity index (χ4v) is 4.19. The molecule has 1 aromatic carbocycles. The quantitative estimate of drug-likeness (QED) is 0.725. The predicted octanol–water partition coefficient (Wildman–Crippen LogP) is 3.28. The van der Waals surface area contributed by atoms with Crippen LogP contribution in [0.5, 0.6) is 0 Å². The van der Waals surface area contributed by atoms with Gasteiger partial charge in [-0.3, -0.25) is 9.69 Å². The molecule has 144 valence electrons. The summed E-state index contributed by atoms with van der Waals surface area (Å²) in [6, 6.07) is 10.8. The van der Waals surface area contributed by atoms with E-state index in [0.717, 1.165) is 45.4 Å². The van der Waals surface area contributed by atoms with Gasteiger partial charge in [-0.15, -0.1) is 0 Å². The van der Waals surface area contributed by atoms with Crippen LogP contribution in [0.25, 0.3) is 0 Å². The summed E-state index contributed by atoms with van der Waals surface area (Å²) in [6.45, 7) is 7.74. The van der Waals surface area contributed by atoms with Crippen LogP contribution in [0.4, 0.5) is 0 Å². The van der Waals surface area contributed by atoms with E-state index >= 15 is 0 Å². The summed E-state index contributed by atoms with van der Waals surface area (Å²) in [5, 5.41) is 3.16. The van der Waals surface area contributed by atoms with Gasteiger partial charge in [0.2, 0.25) is 5.91 Å². The van der Waals surface area contributed by atoms with Gasteiger partial charge in [0.25, 0.3) is 0 Å². The van der Waals surface area contributed by atoms with E-state index in [-0.39, 0.29) is 0 Å². The first-order valence-electron chi connectivity index (χ1n) is 10.6. The van der Waals surface area contributed by atoms with E-state index in [2.05, 4.69) is 45.4 Å². The minimum absolute atomic E-state index is 0.293. The summed E-state index contributed by atoms with van der Waals surface area (Å²) >= 11 is 0. The first-order valence-corrected chi connectivity index (χ1v) is 10.6. The van der Waals surface area contributed by atoms with Crippen molar-refractivity contribution in [1.29, 1.82) is 0 Å². The average molecular weight is 358 g/mol. The highest BCUT2D eigenvalue weighted by Gasteiger charge is 2.20. The molecule has 0 atom stereocenters. The molecule has 1 aliphatic carbocycles. The summed E-state index contributed by atoms with van der Waals surface area (Å²) in [5.41, 5.74) is 1.41. The standard InChI is InChI=1S/C22H35N3O/c26-22(21-11-5-2-6-12-21)23-13-7-8-14-24-15-17-25(18-16-24)19-20-9-3-1-4-10-20/h1,3-4,9-10,21H,2,5-8,11-19H2,(H,23,26). The first-order chi connectivity index (χ1) is 12.8. The van der Waals surface area contributed by atoms with Crippen LogP contribution >= 0.6 is 0 Å². The lowest BCUT2D eigenvalue weighted by Gasteiger charge is -2.34. The molecule has 26 heavy (non-hydrogen) atoms. The van der Waals surface area contributed by atoms with Gasteiger partial charge in [0.05, 0.1) is 0 Å². The van der Waals surface area contributed by atoms with E-state index in [4.69, 9.17) is 0 Å². The fraction of sp³-hybridized carbons (Fsp3) is 0.682. The molecule has 2 fully saturated rings. The molecule has 1 saturated carbocycles. The normalized spacial score (nSPS) is 20.2. The lowest BCUT2D eigenvalue weighted by atomic mass is 9.89. The number of unbranched alkanes of at least 4 members (excludes halogenated alkanes) is 1. The largest absolute Gasteiger partial charge is 0.356 e. The molecule has 1 aliphatic heterocycles. The molecule has 1 N–H and O–H groups in total. The maximum absolute atomic E-state index is 12.1. The maximum Gasteiger partial charge on any atom is 0.223 e. The smallest absolute Gasteiger partial charge is 0.223 e. The van der Waals surface area contributed by atoms with Crippen molar-refractivity contribution < 1.29 is 4.79 Å². The molecule has 4 nitrogen and oxygen atoms in total. The number of nitrogens with zero attached hydrogens (tertiary/aromatic N) is 2. The third-order valence-electron chi connectivity index (χ3n) is 5.89. The van der Waals surface area contributed by atoms with Crippen LogP contribution < -0.4 is 5.32 Å². The SMILES string of the molecule is O=C(NCCCCN1CCN(Cc2ccccc2)CC1)C1CCCCC1. The van der Waals surface area contributed by atoms with Crippen LogP contribution in [0, 0.1) is 5.92 Å². The van der Waals surface area contributed by atoms with E-state index in [9.17, 15) is 4.79 Å². The molecule has 1 heterocycles. The number of rotatable bonds is 8. The van der Waals surface area contributed by atoms with Crippen LogP contribution in [-0.2, 0) is 11.3 Å². The van der Waals surface area contributed by atoms with Gasteiger partial charge in [0.15, 0.2) is 0 Å². The highest BCUT2D eigenvalue weighted by atomic mass is 16.1. The van der Waals surface area contributed by atoms with E-state index in [1.165, 1.54) is 50.9 Å². The Bertz CT molecular complexity index is 519. The number of carbonyl (C=O) groups excluding carboxylic acids is 1. The Morgan fingerprint density at radius 1 is 0.923 bits per heavy atom. The number of amides is 1. The minimum atomic E-state index is 0.293. The topological polar surface area (TPSA) is 35.6 Å². The summed E-state index contributed by atoms with van der Waals surface area (Å²) in [4.78, 5) is 17.2. The highest BCUT2D eigenvalue weighted by molar-refractivity contribution is 5.78. The van der Waals surface area contributed by atoms with Crippen LogP contribution in [0.1, 0.15) is 50.5 Å². The molecule has 1 aromatic rings. The zero-order valence-electron chi connectivity index (χ0n) is 16.2. The van der Waals surface area contributed by atoms with Gasteiger partial charge in [0, 0.05) is 45.2 Å². The van der Waals surface area contributed by atoms with Crippen LogP contribution in [0.3, 0.4) is 0 Å². The molecule has 1 saturated heterocycles. The van der Waals surface area contributed by atoms with Crippen molar-refractivity contribution in [1.82, 2.24) is 15.1 Å². The second-order valence-electron chi connectivity index (χ2n) is 7.94. The summed E-state index contributed by atoms with van der Waals surface area (Å²) in [6.07, 6.45) is 8.25. The molecule has 0 spiro atoms.